The van der Waals surface area contributed by atoms with E-state index in [0.717, 1.165) is 37.0 Å². The van der Waals surface area contributed by atoms with E-state index >= 15 is 0 Å². The molecule has 2 aromatic rings. The number of hydrogen-bond donors (Lipinski definition) is 2. The second-order valence-corrected chi connectivity index (χ2v) is 6.60. The van der Waals surface area contributed by atoms with Crippen LogP contribution in [0.5, 0.6) is 0 Å². The molecule has 0 bridgehead atoms. The minimum absolute atomic E-state index is 0. The second kappa shape index (κ2) is 9.33. The van der Waals surface area contributed by atoms with E-state index in [1.165, 1.54) is 11.3 Å². The molecule has 2 heterocycles. The highest BCUT2D eigenvalue weighted by Gasteiger charge is 2.23. The molecule has 1 saturated heterocycles. The van der Waals surface area contributed by atoms with Crippen molar-refractivity contribution in [2.24, 2.45) is 12.0 Å². The van der Waals surface area contributed by atoms with E-state index in [2.05, 4.69) is 38.9 Å². The van der Waals surface area contributed by atoms with E-state index in [0.29, 0.717) is 6.04 Å². The molecule has 1 atom stereocenters. The number of rotatable bonds is 4. The lowest BCUT2D eigenvalue weighted by Crippen LogP contribution is -2.44. The standard InChI is InChI=1S/C18H24ClN5.HI/c1-20-18(21-11-14-6-8-23(2)12-14)22-16-7-9-24(13-16)17-5-3-4-15(19)10-17;/h3-6,8,10,12,16H,7,9,11,13H2,1-2H3,(H2,20,21,22);1H. The third-order valence-corrected chi connectivity index (χ3v) is 4.51. The Bertz CT molecular complexity index is 715. The molecule has 2 N–H and O–H groups in total. The monoisotopic (exact) mass is 473 g/mol. The number of guanidine groups is 1. The predicted octanol–water partition coefficient (Wildman–Crippen LogP) is 3.24. The summed E-state index contributed by atoms with van der Waals surface area (Å²) in [7, 11) is 3.84. The molecule has 136 valence electrons. The van der Waals surface area contributed by atoms with Crippen molar-refractivity contribution in [2.45, 2.75) is 19.0 Å². The molecule has 0 amide bonds. The zero-order valence-electron chi connectivity index (χ0n) is 14.6. The van der Waals surface area contributed by atoms with Gasteiger partial charge >= 0.3 is 0 Å². The lowest BCUT2D eigenvalue weighted by atomic mass is 10.2. The number of benzene rings is 1. The van der Waals surface area contributed by atoms with Gasteiger partial charge in [0.1, 0.15) is 0 Å². The molecular weight excluding hydrogens is 449 g/mol. The van der Waals surface area contributed by atoms with Crippen molar-refractivity contribution in [1.82, 2.24) is 15.2 Å². The van der Waals surface area contributed by atoms with Crippen LogP contribution >= 0.6 is 35.6 Å². The molecule has 1 aromatic carbocycles. The Morgan fingerprint density at radius 3 is 2.88 bits per heavy atom. The number of aryl methyl sites for hydroxylation is 1. The third kappa shape index (κ3) is 5.54. The van der Waals surface area contributed by atoms with Crippen LogP contribution in [-0.2, 0) is 13.6 Å². The number of nitrogens with one attached hydrogen (secondary N) is 2. The fourth-order valence-corrected chi connectivity index (χ4v) is 3.21. The van der Waals surface area contributed by atoms with Gasteiger partial charge in [0.15, 0.2) is 5.96 Å². The summed E-state index contributed by atoms with van der Waals surface area (Å²) in [6.45, 7) is 2.74. The first-order valence-corrected chi connectivity index (χ1v) is 8.60. The van der Waals surface area contributed by atoms with Gasteiger partial charge in [0.2, 0.25) is 0 Å². The van der Waals surface area contributed by atoms with Crippen LogP contribution < -0.4 is 15.5 Å². The number of aromatic nitrogens is 1. The zero-order chi connectivity index (χ0) is 16.9. The Balaban J connectivity index is 0.00000225. The maximum atomic E-state index is 6.09. The first-order valence-electron chi connectivity index (χ1n) is 8.22. The Labute approximate surface area is 171 Å². The van der Waals surface area contributed by atoms with Crippen LogP contribution in [-0.4, -0.2) is 36.7 Å². The van der Waals surface area contributed by atoms with Crippen molar-refractivity contribution in [1.29, 1.82) is 0 Å². The largest absolute Gasteiger partial charge is 0.369 e. The number of anilines is 1. The van der Waals surface area contributed by atoms with Gasteiger partial charge in [-0.1, -0.05) is 17.7 Å². The Morgan fingerprint density at radius 2 is 2.20 bits per heavy atom. The lowest BCUT2D eigenvalue weighted by Gasteiger charge is -2.20. The minimum atomic E-state index is 0. The molecular formula is C18H25ClIN5. The average molecular weight is 474 g/mol. The van der Waals surface area contributed by atoms with Crippen molar-refractivity contribution in [3.8, 4) is 0 Å². The fourth-order valence-electron chi connectivity index (χ4n) is 3.02. The molecule has 3 rings (SSSR count). The molecule has 1 aromatic heterocycles. The van der Waals surface area contributed by atoms with Crippen molar-refractivity contribution >= 4 is 47.2 Å². The van der Waals surface area contributed by atoms with E-state index in [4.69, 9.17) is 11.6 Å². The SMILES string of the molecule is CN=C(NCc1ccn(C)c1)NC1CCN(c2cccc(Cl)c2)C1.I. The quantitative estimate of drug-likeness (QED) is 0.407. The highest BCUT2D eigenvalue weighted by Crippen LogP contribution is 2.23. The van der Waals surface area contributed by atoms with Gasteiger partial charge in [0.05, 0.1) is 0 Å². The second-order valence-electron chi connectivity index (χ2n) is 6.17. The van der Waals surface area contributed by atoms with Crippen LogP contribution in [0.25, 0.3) is 0 Å². The molecule has 0 saturated carbocycles. The van der Waals surface area contributed by atoms with E-state index in [9.17, 15) is 0 Å². The summed E-state index contributed by atoms with van der Waals surface area (Å²) < 4.78 is 2.05. The van der Waals surface area contributed by atoms with Crippen molar-refractivity contribution < 1.29 is 0 Å². The zero-order valence-corrected chi connectivity index (χ0v) is 17.7. The third-order valence-electron chi connectivity index (χ3n) is 4.28. The Hall–Kier alpha value is -1.41. The van der Waals surface area contributed by atoms with Gasteiger partial charge < -0.3 is 20.1 Å². The smallest absolute Gasteiger partial charge is 0.191 e. The first kappa shape index (κ1) is 19.9. The van der Waals surface area contributed by atoms with Gasteiger partial charge in [-0.3, -0.25) is 4.99 Å². The topological polar surface area (TPSA) is 44.6 Å². The van der Waals surface area contributed by atoms with Crippen molar-refractivity contribution in [3.63, 3.8) is 0 Å². The maximum absolute atomic E-state index is 6.09. The molecule has 0 spiro atoms. The molecule has 1 aliphatic heterocycles. The van der Waals surface area contributed by atoms with Gasteiger partial charge in [-0.15, -0.1) is 24.0 Å². The number of nitrogens with zero attached hydrogens (tertiary/aromatic N) is 3. The van der Waals surface area contributed by atoms with E-state index in [-0.39, 0.29) is 24.0 Å². The molecule has 7 heteroatoms. The van der Waals surface area contributed by atoms with E-state index in [1.54, 1.807) is 0 Å². The Morgan fingerprint density at radius 1 is 1.36 bits per heavy atom. The summed E-state index contributed by atoms with van der Waals surface area (Å²) in [5, 5.41) is 7.67. The number of aliphatic imine (C=N–C) groups is 1. The van der Waals surface area contributed by atoms with Gasteiger partial charge in [-0.05, 0) is 36.2 Å². The van der Waals surface area contributed by atoms with Crippen LogP contribution in [0.4, 0.5) is 5.69 Å². The fraction of sp³-hybridized carbons (Fsp3) is 0.389. The molecule has 5 nitrogen and oxygen atoms in total. The Kier molecular flexibility index (Phi) is 7.43. The summed E-state index contributed by atoms with van der Waals surface area (Å²) in [4.78, 5) is 6.69. The van der Waals surface area contributed by atoms with Crippen LogP contribution in [0.1, 0.15) is 12.0 Å². The summed E-state index contributed by atoms with van der Waals surface area (Å²) >= 11 is 6.09. The first-order chi connectivity index (χ1) is 11.6. The highest BCUT2D eigenvalue weighted by atomic mass is 127. The van der Waals surface area contributed by atoms with Crippen LogP contribution in [0.15, 0.2) is 47.7 Å². The summed E-state index contributed by atoms with van der Waals surface area (Å²) in [5.74, 6) is 0.844. The maximum Gasteiger partial charge on any atom is 0.191 e. The van der Waals surface area contributed by atoms with Crippen molar-refractivity contribution in [2.75, 3.05) is 25.0 Å². The number of hydrogen-bond acceptors (Lipinski definition) is 2. The summed E-state index contributed by atoms with van der Waals surface area (Å²) in [6, 6.07) is 10.5. The average Bonchev–Trinajstić information content (AvgIpc) is 3.20. The minimum Gasteiger partial charge on any atom is -0.369 e. The van der Waals surface area contributed by atoms with Gasteiger partial charge in [0.25, 0.3) is 0 Å². The van der Waals surface area contributed by atoms with E-state index < -0.39 is 0 Å². The van der Waals surface area contributed by atoms with Gasteiger partial charge in [-0.25, -0.2) is 0 Å². The molecule has 1 aliphatic rings. The number of halogens is 2. The van der Waals surface area contributed by atoms with Crippen LogP contribution in [0.2, 0.25) is 5.02 Å². The molecule has 0 aliphatic carbocycles. The van der Waals surface area contributed by atoms with Gasteiger partial charge in [0, 0.05) is 62.9 Å². The summed E-state index contributed by atoms with van der Waals surface area (Å²) in [5.41, 5.74) is 2.42. The van der Waals surface area contributed by atoms with Gasteiger partial charge in [-0.2, -0.15) is 0 Å². The highest BCUT2D eigenvalue weighted by molar-refractivity contribution is 14.0. The van der Waals surface area contributed by atoms with Crippen LogP contribution in [0.3, 0.4) is 0 Å². The van der Waals surface area contributed by atoms with E-state index in [1.807, 2.05) is 43.1 Å². The lowest BCUT2D eigenvalue weighted by molar-refractivity contribution is 0.648. The molecule has 1 unspecified atom stereocenters. The van der Waals surface area contributed by atoms with Crippen molar-refractivity contribution in [3.05, 3.63) is 53.3 Å². The molecule has 0 radical (unpaired) electrons. The summed E-state index contributed by atoms with van der Waals surface area (Å²) in [6.07, 6.45) is 5.24. The van der Waals surface area contributed by atoms with Crippen LogP contribution in [0, 0.1) is 0 Å². The predicted molar refractivity (Wildman–Crippen MR) is 116 cm³/mol. The normalized spacial score (nSPS) is 17.3. The molecule has 25 heavy (non-hydrogen) atoms. The molecule has 1 fully saturated rings.